The summed E-state index contributed by atoms with van der Waals surface area (Å²) in [7, 11) is 3.85. The lowest BCUT2D eigenvalue weighted by Gasteiger charge is -2.09. The summed E-state index contributed by atoms with van der Waals surface area (Å²) in [5, 5.41) is 9.11. The zero-order valence-electron chi connectivity index (χ0n) is 13.8. The normalized spacial score (nSPS) is 9.75. The number of likely N-dealkylation sites (N-methyl/N-ethyl adjacent to an activating group) is 1. The maximum atomic E-state index is 10.8. The van der Waals surface area contributed by atoms with Crippen LogP contribution in [-0.2, 0) is 14.3 Å². The number of esters is 1. The number of ether oxygens (including phenoxy) is 2. The Balaban J connectivity index is 0.000000449. The minimum absolute atomic E-state index is 0.300. The highest BCUT2D eigenvalue weighted by molar-refractivity contribution is 6.35. The van der Waals surface area contributed by atoms with Crippen LogP contribution >= 0.6 is 23.2 Å². The molecular formula is C16H21Cl2NO5. The molecule has 1 aromatic rings. The largest absolute Gasteiger partial charge is 0.480 e. The lowest BCUT2D eigenvalue weighted by atomic mass is 10.3. The molecule has 0 heterocycles. The van der Waals surface area contributed by atoms with E-state index in [1.54, 1.807) is 13.0 Å². The van der Waals surface area contributed by atoms with Crippen LogP contribution in [0.4, 0.5) is 0 Å². The molecule has 0 fully saturated rings. The van der Waals surface area contributed by atoms with E-state index in [-0.39, 0.29) is 5.97 Å². The third-order valence-electron chi connectivity index (χ3n) is 2.37. The smallest absolute Gasteiger partial charge is 0.341 e. The van der Waals surface area contributed by atoms with Crippen molar-refractivity contribution in [3.63, 3.8) is 0 Å². The molecule has 1 aromatic carbocycles. The summed E-state index contributed by atoms with van der Waals surface area (Å²) in [6, 6.07) is 4.58. The first-order chi connectivity index (χ1) is 11.1. The van der Waals surface area contributed by atoms with Gasteiger partial charge in [0.05, 0.1) is 5.02 Å². The molecule has 0 saturated heterocycles. The molecule has 0 amide bonds. The Morgan fingerprint density at radius 2 is 1.92 bits per heavy atom. The first-order valence-electron chi connectivity index (χ1n) is 6.90. The van der Waals surface area contributed by atoms with Crippen LogP contribution in [0.1, 0.15) is 6.92 Å². The van der Waals surface area contributed by atoms with Gasteiger partial charge in [0.25, 0.3) is 0 Å². The van der Waals surface area contributed by atoms with Crippen molar-refractivity contribution in [2.75, 3.05) is 33.9 Å². The van der Waals surface area contributed by atoms with Crippen molar-refractivity contribution in [1.82, 2.24) is 4.90 Å². The fourth-order valence-corrected chi connectivity index (χ4v) is 1.64. The Kier molecular flexibility index (Phi) is 10.9. The van der Waals surface area contributed by atoms with Crippen molar-refractivity contribution in [2.45, 2.75) is 6.92 Å². The van der Waals surface area contributed by atoms with Gasteiger partial charge in [0.1, 0.15) is 12.4 Å². The quantitative estimate of drug-likeness (QED) is 0.580. The first-order valence-corrected chi connectivity index (χ1v) is 7.66. The zero-order valence-corrected chi connectivity index (χ0v) is 15.4. The third kappa shape index (κ3) is 10.9. The number of nitrogens with zero attached hydrogens (tertiary/aromatic N) is 1. The summed E-state index contributed by atoms with van der Waals surface area (Å²) < 4.78 is 9.70. The van der Waals surface area contributed by atoms with Crippen LogP contribution in [0.5, 0.6) is 5.75 Å². The van der Waals surface area contributed by atoms with Crippen molar-refractivity contribution >= 4 is 35.1 Å². The average molecular weight is 378 g/mol. The van der Waals surface area contributed by atoms with Crippen LogP contribution < -0.4 is 4.74 Å². The molecule has 0 bridgehead atoms. The standard InChI is InChI=1S/C8H6Cl2O3.C8H15NO2/c9-5-1-2-7(6(10)3-5)13-4-8(11)12;1-7(2)8(10)11-6-5-9(3)4/h1-3H,4H2,(H,11,12);1,5-6H2,2-4H3. The maximum Gasteiger partial charge on any atom is 0.341 e. The van der Waals surface area contributed by atoms with Crippen LogP contribution in [0.2, 0.25) is 10.0 Å². The Morgan fingerprint density at radius 1 is 1.29 bits per heavy atom. The van der Waals surface area contributed by atoms with E-state index in [0.717, 1.165) is 6.54 Å². The van der Waals surface area contributed by atoms with Gasteiger partial charge in [-0.1, -0.05) is 29.8 Å². The number of hydrogen-bond acceptors (Lipinski definition) is 5. The summed E-state index contributed by atoms with van der Waals surface area (Å²) in [6.07, 6.45) is 0. The number of carboxylic acid groups (broad SMARTS) is 1. The van der Waals surface area contributed by atoms with Gasteiger partial charge in [0.2, 0.25) is 0 Å². The Labute approximate surface area is 151 Å². The highest BCUT2D eigenvalue weighted by Crippen LogP contribution is 2.27. The van der Waals surface area contributed by atoms with Gasteiger partial charge in [-0.25, -0.2) is 9.59 Å². The highest BCUT2D eigenvalue weighted by Gasteiger charge is 2.04. The van der Waals surface area contributed by atoms with Gasteiger partial charge in [-0.15, -0.1) is 0 Å². The molecule has 1 rings (SSSR count). The Bertz CT molecular complexity index is 576. The molecule has 24 heavy (non-hydrogen) atoms. The van der Waals surface area contributed by atoms with Crippen molar-refractivity contribution < 1.29 is 24.2 Å². The molecule has 0 radical (unpaired) electrons. The minimum Gasteiger partial charge on any atom is -0.480 e. The fourth-order valence-electron chi connectivity index (χ4n) is 1.18. The predicted molar refractivity (Wildman–Crippen MR) is 93.9 cm³/mol. The number of aliphatic carboxylic acids is 1. The number of halogens is 2. The van der Waals surface area contributed by atoms with E-state index in [4.69, 9.17) is 37.8 Å². The van der Waals surface area contributed by atoms with Gasteiger partial charge >= 0.3 is 11.9 Å². The highest BCUT2D eigenvalue weighted by atomic mass is 35.5. The molecule has 0 aliphatic heterocycles. The number of carbonyl (C=O) groups excluding carboxylic acids is 1. The van der Waals surface area contributed by atoms with Crippen molar-refractivity contribution in [3.05, 3.63) is 40.4 Å². The van der Waals surface area contributed by atoms with E-state index in [0.29, 0.717) is 28.0 Å². The van der Waals surface area contributed by atoms with Crippen molar-refractivity contribution in [2.24, 2.45) is 0 Å². The maximum absolute atomic E-state index is 10.8. The van der Waals surface area contributed by atoms with Gasteiger partial charge in [-0.3, -0.25) is 0 Å². The second-order valence-corrected chi connectivity index (χ2v) is 5.82. The molecular weight excluding hydrogens is 357 g/mol. The summed E-state index contributed by atoms with van der Waals surface area (Å²) in [6.45, 7) is 5.86. The second kappa shape index (κ2) is 11.7. The third-order valence-corrected chi connectivity index (χ3v) is 2.90. The molecule has 0 atom stereocenters. The first kappa shape index (κ1) is 22.2. The molecule has 0 unspecified atom stereocenters. The van der Waals surface area contributed by atoms with Crippen LogP contribution in [0.15, 0.2) is 30.4 Å². The molecule has 0 aliphatic rings. The summed E-state index contributed by atoms with van der Waals surface area (Å²) in [4.78, 5) is 22.9. The minimum atomic E-state index is -1.05. The number of hydrogen-bond donors (Lipinski definition) is 1. The molecule has 8 heteroatoms. The molecule has 0 saturated carbocycles. The van der Waals surface area contributed by atoms with Crippen molar-refractivity contribution in [1.29, 1.82) is 0 Å². The topological polar surface area (TPSA) is 76.1 Å². The number of benzene rings is 1. The van der Waals surface area contributed by atoms with Gasteiger partial charge in [0, 0.05) is 17.1 Å². The fraction of sp³-hybridized carbons (Fsp3) is 0.375. The second-order valence-electron chi connectivity index (χ2n) is 4.98. The van der Waals surface area contributed by atoms with Crippen molar-refractivity contribution in [3.8, 4) is 5.75 Å². The van der Waals surface area contributed by atoms with Crippen LogP contribution in [0, 0.1) is 0 Å². The van der Waals surface area contributed by atoms with E-state index in [9.17, 15) is 9.59 Å². The van der Waals surface area contributed by atoms with Gasteiger partial charge in [0.15, 0.2) is 6.61 Å². The molecule has 6 nitrogen and oxygen atoms in total. The van der Waals surface area contributed by atoms with Crippen LogP contribution in [-0.4, -0.2) is 55.8 Å². The monoisotopic (exact) mass is 377 g/mol. The Hall–Kier alpha value is -1.76. The van der Waals surface area contributed by atoms with Crippen LogP contribution in [0.3, 0.4) is 0 Å². The summed E-state index contributed by atoms with van der Waals surface area (Å²) in [5.41, 5.74) is 0.448. The lowest BCUT2D eigenvalue weighted by molar-refractivity contribution is -0.140. The van der Waals surface area contributed by atoms with E-state index < -0.39 is 12.6 Å². The lowest BCUT2D eigenvalue weighted by Crippen LogP contribution is -2.20. The van der Waals surface area contributed by atoms with E-state index >= 15 is 0 Å². The summed E-state index contributed by atoms with van der Waals surface area (Å²) in [5.74, 6) is -1.05. The van der Waals surface area contributed by atoms with Gasteiger partial charge in [-0.05, 0) is 39.2 Å². The van der Waals surface area contributed by atoms with Gasteiger partial charge < -0.3 is 19.5 Å². The van der Waals surface area contributed by atoms with E-state index in [2.05, 4.69) is 6.58 Å². The summed E-state index contributed by atoms with van der Waals surface area (Å²) >= 11 is 11.3. The van der Waals surface area contributed by atoms with E-state index in [1.807, 2.05) is 19.0 Å². The molecule has 0 aliphatic carbocycles. The number of rotatable bonds is 7. The predicted octanol–water partition coefficient (Wildman–Crippen LogP) is 3.12. The average Bonchev–Trinajstić information content (AvgIpc) is 2.46. The van der Waals surface area contributed by atoms with E-state index in [1.165, 1.54) is 12.1 Å². The Morgan fingerprint density at radius 3 is 2.38 bits per heavy atom. The van der Waals surface area contributed by atoms with Gasteiger partial charge in [-0.2, -0.15) is 0 Å². The SMILES string of the molecule is C=C(C)C(=O)OCCN(C)C.O=C(O)COc1ccc(Cl)cc1Cl. The zero-order chi connectivity index (χ0) is 18.7. The molecule has 1 N–H and O–H groups in total. The van der Waals surface area contributed by atoms with Crippen LogP contribution in [0.25, 0.3) is 0 Å². The number of carboxylic acids is 1. The molecule has 0 aromatic heterocycles. The molecule has 134 valence electrons. The number of carbonyl (C=O) groups is 2. The molecule has 0 spiro atoms.